The predicted octanol–water partition coefficient (Wildman–Crippen LogP) is 0.700. The molecule has 1 nitrogen and oxygen atoms in total. The summed E-state index contributed by atoms with van der Waals surface area (Å²) in [6.45, 7) is 0. The summed E-state index contributed by atoms with van der Waals surface area (Å²) < 4.78 is 0. The zero-order valence-corrected chi connectivity index (χ0v) is 4.39. The van der Waals surface area contributed by atoms with Crippen molar-refractivity contribution in [1.82, 2.24) is 5.32 Å². The standard InChI is InChI=1S/C6H9N/c1-7-6-4-2-3-5-6/h2-7H,1H3. The van der Waals surface area contributed by atoms with Crippen LogP contribution in [-0.2, 0) is 0 Å². The summed E-state index contributed by atoms with van der Waals surface area (Å²) in [7, 11) is 1.95. The van der Waals surface area contributed by atoms with E-state index in [-0.39, 0.29) is 0 Å². The summed E-state index contributed by atoms with van der Waals surface area (Å²) in [4.78, 5) is 0. The van der Waals surface area contributed by atoms with Gasteiger partial charge in [0.2, 0.25) is 0 Å². The number of hydrogen-bond donors (Lipinski definition) is 1. The van der Waals surface area contributed by atoms with Crippen LogP contribution in [0.4, 0.5) is 0 Å². The zero-order valence-electron chi connectivity index (χ0n) is 4.39. The molecule has 0 bridgehead atoms. The summed E-state index contributed by atoms with van der Waals surface area (Å²) in [6.07, 6.45) is 8.31. The average molecular weight is 95.1 g/mol. The maximum Gasteiger partial charge on any atom is 0.0439 e. The summed E-state index contributed by atoms with van der Waals surface area (Å²) in [5.74, 6) is 0. The van der Waals surface area contributed by atoms with Crippen molar-refractivity contribution in [1.29, 1.82) is 0 Å². The molecule has 0 radical (unpaired) electrons. The highest BCUT2D eigenvalue weighted by Crippen LogP contribution is 1.96. The van der Waals surface area contributed by atoms with Crippen molar-refractivity contribution in [3.63, 3.8) is 0 Å². The first-order chi connectivity index (χ1) is 3.43. The fourth-order valence-corrected chi connectivity index (χ4v) is 0.624. The maximum atomic E-state index is 3.09. The van der Waals surface area contributed by atoms with E-state index in [2.05, 4.69) is 17.5 Å². The molecule has 0 aromatic carbocycles. The van der Waals surface area contributed by atoms with Gasteiger partial charge in [0.25, 0.3) is 0 Å². The van der Waals surface area contributed by atoms with Crippen LogP contribution in [-0.4, -0.2) is 13.1 Å². The molecule has 7 heavy (non-hydrogen) atoms. The predicted molar refractivity (Wildman–Crippen MR) is 31.1 cm³/mol. The van der Waals surface area contributed by atoms with E-state index < -0.39 is 0 Å². The Bertz CT molecular complexity index is 90.7. The van der Waals surface area contributed by atoms with Gasteiger partial charge in [0, 0.05) is 6.04 Å². The van der Waals surface area contributed by atoms with Crippen LogP contribution in [0.15, 0.2) is 24.3 Å². The molecule has 1 N–H and O–H groups in total. The summed E-state index contributed by atoms with van der Waals surface area (Å²) in [5.41, 5.74) is 0. The van der Waals surface area contributed by atoms with E-state index in [4.69, 9.17) is 0 Å². The fraction of sp³-hybridized carbons (Fsp3) is 0.333. The van der Waals surface area contributed by atoms with Gasteiger partial charge in [0.05, 0.1) is 0 Å². The molecule has 1 rings (SSSR count). The monoisotopic (exact) mass is 95.1 g/mol. The Hall–Kier alpha value is -0.560. The molecule has 1 heteroatoms. The Labute approximate surface area is 43.7 Å². The fourth-order valence-electron chi connectivity index (χ4n) is 0.624. The van der Waals surface area contributed by atoms with E-state index >= 15 is 0 Å². The Kier molecular flexibility index (Phi) is 1.27. The van der Waals surface area contributed by atoms with Gasteiger partial charge in [-0.15, -0.1) is 0 Å². The van der Waals surface area contributed by atoms with E-state index in [1.807, 2.05) is 19.2 Å². The Morgan fingerprint density at radius 1 is 1.29 bits per heavy atom. The van der Waals surface area contributed by atoms with Crippen LogP contribution in [0.2, 0.25) is 0 Å². The van der Waals surface area contributed by atoms with Crippen LogP contribution in [0.3, 0.4) is 0 Å². The lowest BCUT2D eigenvalue weighted by Crippen LogP contribution is -2.17. The molecule has 1 aliphatic carbocycles. The smallest absolute Gasteiger partial charge is 0.0439 e. The topological polar surface area (TPSA) is 12.0 Å². The molecular formula is C6H9N. The summed E-state index contributed by atoms with van der Waals surface area (Å²) >= 11 is 0. The maximum absolute atomic E-state index is 3.09. The van der Waals surface area contributed by atoms with Crippen LogP contribution in [0.5, 0.6) is 0 Å². The van der Waals surface area contributed by atoms with Crippen LogP contribution in [0.1, 0.15) is 0 Å². The Morgan fingerprint density at radius 3 is 2.14 bits per heavy atom. The number of allylic oxidation sites excluding steroid dienone is 2. The van der Waals surface area contributed by atoms with Crippen molar-refractivity contribution in [3.05, 3.63) is 24.3 Å². The van der Waals surface area contributed by atoms with Crippen molar-refractivity contribution < 1.29 is 0 Å². The quantitative estimate of drug-likeness (QED) is 0.505. The molecule has 0 fully saturated rings. The molecule has 0 saturated heterocycles. The molecule has 0 saturated carbocycles. The zero-order chi connectivity index (χ0) is 5.11. The molecule has 0 amide bonds. The molecule has 0 unspecified atom stereocenters. The van der Waals surface area contributed by atoms with Crippen molar-refractivity contribution in [2.75, 3.05) is 7.05 Å². The first-order valence-electron chi connectivity index (χ1n) is 2.46. The lowest BCUT2D eigenvalue weighted by atomic mass is 10.3. The molecule has 0 aromatic rings. The van der Waals surface area contributed by atoms with Crippen LogP contribution in [0, 0.1) is 0 Å². The number of likely N-dealkylation sites (N-methyl/N-ethyl adjacent to an activating group) is 1. The second-order valence-corrected chi connectivity index (χ2v) is 1.58. The highest BCUT2D eigenvalue weighted by molar-refractivity contribution is 5.20. The normalized spacial score (nSPS) is 19.0. The first kappa shape index (κ1) is 4.60. The van der Waals surface area contributed by atoms with E-state index in [1.165, 1.54) is 0 Å². The minimum Gasteiger partial charge on any atom is -0.310 e. The van der Waals surface area contributed by atoms with E-state index in [0.717, 1.165) is 0 Å². The molecule has 0 aromatic heterocycles. The Morgan fingerprint density at radius 2 is 1.86 bits per heavy atom. The molecule has 38 valence electrons. The minimum absolute atomic E-state index is 0.486. The largest absolute Gasteiger partial charge is 0.310 e. The van der Waals surface area contributed by atoms with Crippen LogP contribution in [0.25, 0.3) is 0 Å². The van der Waals surface area contributed by atoms with Gasteiger partial charge in [-0.05, 0) is 7.05 Å². The van der Waals surface area contributed by atoms with Gasteiger partial charge >= 0.3 is 0 Å². The lowest BCUT2D eigenvalue weighted by molar-refractivity contribution is 0.799. The van der Waals surface area contributed by atoms with Crippen molar-refractivity contribution in [3.8, 4) is 0 Å². The molecule has 0 heterocycles. The third kappa shape index (κ3) is 0.904. The van der Waals surface area contributed by atoms with Crippen molar-refractivity contribution >= 4 is 0 Å². The molecule has 0 spiro atoms. The van der Waals surface area contributed by atoms with E-state index in [1.54, 1.807) is 0 Å². The van der Waals surface area contributed by atoms with Gasteiger partial charge < -0.3 is 5.32 Å². The first-order valence-corrected chi connectivity index (χ1v) is 2.46. The Balaban J connectivity index is 2.44. The second-order valence-electron chi connectivity index (χ2n) is 1.58. The van der Waals surface area contributed by atoms with Crippen molar-refractivity contribution in [2.45, 2.75) is 6.04 Å². The lowest BCUT2D eigenvalue weighted by Gasteiger charge is -1.97. The van der Waals surface area contributed by atoms with Gasteiger partial charge in [-0.25, -0.2) is 0 Å². The van der Waals surface area contributed by atoms with Gasteiger partial charge in [0.15, 0.2) is 0 Å². The highest BCUT2D eigenvalue weighted by Gasteiger charge is 1.95. The number of nitrogens with one attached hydrogen (secondary N) is 1. The van der Waals surface area contributed by atoms with Gasteiger partial charge in [-0.1, -0.05) is 24.3 Å². The minimum atomic E-state index is 0.486. The van der Waals surface area contributed by atoms with Crippen LogP contribution >= 0.6 is 0 Å². The highest BCUT2D eigenvalue weighted by atomic mass is 14.8. The number of rotatable bonds is 1. The third-order valence-electron chi connectivity index (χ3n) is 1.08. The molecule has 0 atom stereocenters. The summed E-state index contributed by atoms with van der Waals surface area (Å²) in [5, 5.41) is 3.09. The molecular weight excluding hydrogens is 86.1 g/mol. The van der Waals surface area contributed by atoms with Crippen molar-refractivity contribution in [2.24, 2.45) is 0 Å². The summed E-state index contributed by atoms with van der Waals surface area (Å²) in [6, 6.07) is 0.486. The second kappa shape index (κ2) is 1.94. The van der Waals surface area contributed by atoms with Gasteiger partial charge in [-0.3, -0.25) is 0 Å². The van der Waals surface area contributed by atoms with Gasteiger partial charge in [-0.2, -0.15) is 0 Å². The van der Waals surface area contributed by atoms with E-state index in [9.17, 15) is 0 Å². The average Bonchev–Trinajstić information content (AvgIpc) is 2.14. The third-order valence-corrected chi connectivity index (χ3v) is 1.08. The van der Waals surface area contributed by atoms with Gasteiger partial charge in [0.1, 0.15) is 0 Å². The van der Waals surface area contributed by atoms with Crippen LogP contribution < -0.4 is 5.32 Å². The van der Waals surface area contributed by atoms with E-state index in [0.29, 0.717) is 6.04 Å². The SMILES string of the molecule is CNC1C=CC=C1. The molecule has 0 aliphatic heterocycles. The molecule has 1 aliphatic rings. The number of hydrogen-bond acceptors (Lipinski definition) is 1.